The minimum absolute atomic E-state index is 0.172. The molecule has 0 aliphatic rings. The number of benzene rings is 2. The molecule has 3 rings (SSSR count). The molecule has 0 unspecified atom stereocenters. The van der Waals surface area contributed by atoms with E-state index in [9.17, 15) is 4.39 Å². The first-order valence-electron chi connectivity index (χ1n) is 6.68. The van der Waals surface area contributed by atoms with Crippen molar-refractivity contribution in [3.05, 3.63) is 71.8 Å². The summed E-state index contributed by atoms with van der Waals surface area (Å²) >= 11 is 0. The summed E-state index contributed by atoms with van der Waals surface area (Å²) in [6.07, 6.45) is 3.27. The fraction of sp³-hybridized carbons (Fsp3) is 0.125. The molecule has 106 valence electrons. The third kappa shape index (κ3) is 3.08. The Morgan fingerprint density at radius 1 is 1.05 bits per heavy atom. The van der Waals surface area contributed by atoms with Gasteiger partial charge in [0.2, 0.25) is 0 Å². The maximum absolute atomic E-state index is 13.5. The van der Waals surface area contributed by atoms with Crippen molar-refractivity contribution in [1.29, 1.82) is 0 Å². The maximum atomic E-state index is 13.5. The molecule has 1 N–H and O–H groups in total. The molecule has 3 aromatic rings. The maximum Gasteiger partial charge on any atom is 0.126 e. The van der Waals surface area contributed by atoms with Gasteiger partial charge in [-0.15, -0.1) is 0 Å². The van der Waals surface area contributed by atoms with E-state index >= 15 is 0 Å². The lowest BCUT2D eigenvalue weighted by Crippen LogP contribution is -2.02. The van der Waals surface area contributed by atoms with Crippen molar-refractivity contribution in [2.75, 3.05) is 5.32 Å². The van der Waals surface area contributed by atoms with Gasteiger partial charge in [-0.1, -0.05) is 12.1 Å². The Labute approximate surface area is 122 Å². The number of nitrogens with zero attached hydrogens (tertiary/aromatic N) is 3. The zero-order valence-corrected chi connectivity index (χ0v) is 11.6. The highest BCUT2D eigenvalue weighted by molar-refractivity contribution is 5.48. The van der Waals surface area contributed by atoms with E-state index < -0.39 is 0 Å². The van der Waals surface area contributed by atoms with Crippen LogP contribution in [0.5, 0.6) is 0 Å². The Kier molecular flexibility index (Phi) is 3.64. The largest absolute Gasteiger partial charge is 0.381 e. The molecule has 0 amide bonds. The Morgan fingerprint density at radius 3 is 2.43 bits per heavy atom. The molecule has 1 aromatic heterocycles. The first kappa shape index (κ1) is 13.3. The zero-order valence-electron chi connectivity index (χ0n) is 11.6. The third-order valence-corrected chi connectivity index (χ3v) is 3.25. The van der Waals surface area contributed by atoms with Crippen molar-refractivity contribution >= 4 is 5.69 Å². The monoisotopic (exact) mass is 282 g/mol. The highest BCUT2D eigenvalue weighted by Gasteiger charge is 2.01. The van der Waals surface area contributed by atoms with Crippen molar-refractivity contribution in [3.63, 3.8) is 0 Å². The summed E-state index contributed by atoms with van der Waals surface area (Å²) < 4.78 is 13.5. The van der Waals surface area contributed by atoms with Gasteiger partial charge in [0.25, 0.3) is 0 Å². The van der Waals surface area contributed by atoms with Gasteiger partial charge >= 0.3 is 0 Å². The Bertz CT molecular complexity index is 721. The van der Waals surface area contributed by atoms with Gasteiger partial charge in [0.05, 0.1) is 18.1 Å². The lowest BCUT2D eigenvalue weighted by Gasteiger charge is -2.08. The van der Waals surface area contributed by atoms with Crippen molar-refractivity contribution in [3.8, 4) is 5.69 Å². The van der Waals surface area contributed by atoms with Gasteiger partial charge in [0, 0.05) is 12.2 Å². The van der Waals surface area contributed by atoms with Gasteiger partial charge in [-0.2, -0.15) is 15.0 Å². The van der Waals surface area contributed by atoms with Crippen LogP contribution in [-0.2, 0) is 6.54 Å². The zero-order chi connectivity index (χ0) is 14.7. The van der Waals surface area contributed by atoms with E-state index in [-0.39, 0.29) is 5.82 Å². The van der Waals surface area contributed by atoms with E-state index in [1.165, 1.54) is 0 Å². The minimum atomic E-state index is -0.172. The summed E-state index contributed by atoms with van der Waals surface area (Å²) in [5.41, 5.74) is 3.43. The van der Waals surface area contributed by atoms with Gasteiger partial charge in [-0.05, 0) is 48.4 Å². The number of halogens is 1. The van der Waals surface area contributed by atoms with Crippen LogP contribution in [0.1, 0.15) is 11.1 Å². The summed E-state index contributed by atoms with van der Waals surface area (Å²) in [5.74, 6) is -0.172. The van der Waals surface area contributed by atoms with Crippen LogP contribution >= 0.6 is 0 Å². The molecule has 0 atom stereocenters. The summed E-state index contributed by atoms with van der Waals surface area (Å²) in [7, 11) is 0. The summed E-state index contributed by atoms with van der Waals surface area (Å²) in [6, 6.07) is 13.0. The molecular weight excluding hydrogens is 267 g/mol. The van der Waals surface area contributed by atoms with Crippen LogP contribution in [0.25, 0.3) is 5.69 Å². The fourth-order valence-electron chi connectivity index (χ4n) is 2.01. The molecule has 21 heavy (non-hydrogen) atoms. The molecule has 0 saturated carbocycles. The van der Waals surface area contributed by atoms with Crippen molar-refractivity contribution in [1.82, 2.24) is 15.0 Å². The molecule has 0 fully saturated rings. The number of aryl methyl sites for hydroxylation is 1. The van der Waals surface area contributed by atoms with Crippen molar-refractivity contribution in [2.24, 2.45) is 0 Å². The van der Waals surface area contributed by atoms with Gasteiger partial charge < -0.3 is 5.32 Å². The first-order chi connectivity index (χ1) is 10.2. The molecular formula is C16H15FN4. The summed E-state index contributed by atoms with van der Waals surface area (Å²) in [6.45, 7) is 2.34. The number of anilines is 1. The normalized spacial score (nSPS) is 10.6. The summed E-state index contributed by atoms with van der Waals surface area (Å²) in [5, 5.41) is 11.4. The number of rotatable bonds is 4. The topological polar surface area (TPSA) is 42.7 Å². The molecule has 4 nitrogen and oxygen atoms in total. The lowest BCUT2D eigenvalue weighted by molar-refractivity contribution is 0.616. The predicted molar refractivity (Wildman–Crippen MR) is 79.8 cm³/mol. The van der Waals surface area contributed by atoms with Crippen LogP contribution < -0.4 is 5.32 Å². The first-order valence-corrected chi connectivity index (χ1v) is 6.68. The Hall–Kier alpha value is -2.69. The molecule has 2 aromatic carbocycles. The van der Waals surface area contributed by atoms with Crippen LogP contribution in [0.2, 0.25) is 0 Å². The van der Waals surface area contributed by atoms with Gasteiger partial charge in [-0.3, -0.25) is 0 Å². The second kappa shape index (κ2) is 5.75. The van der Waals surface area contributed by atoms with E-state index in [0.29, 0.717) is 12.1 Å². The molecule has 0 bridgehead atoms. The average molecular weight is 282 g/mol. The molecule has 0 aliphatic carbocycles. The van der Waals surface area contributed by atoms with E-state index in [2.05, 4.69) is 15.5 Å². The predicted octanol–water partition coefficient (Wildman–Crippen LogP) is 3.33. The van der Waals surface area contributed by atoms with Crippen LogP contribution in [0, 0.1) is 12.7 Å². The minimum Gasteiger partial charge on any atom is -0.381 e. The SMILES string of the molecule is Cc1ccc(CNc2ccc(-n3nccn3)cc2)cc1F. The molecule has 0 aliphatic heterocycles. The second-order valence-electron chi connectivity index (χ2n) is 4.80. The quantitative estimate of drug-likeness (QED) is 0.798. The summed E-state index contributed by atoms with van der Waals surface area (Å²) in [4.78, 5) is 1.55. The van der Waals surface area contributed by atoms with Crippen LogP contribution in [-0.4, -0.2) is 15.0 Å². The van der Waals surface area contributed by atoms with Crippen LogP contribution in [0.15, 0.2) is 54.9 Å². The van der Waals surface area contributed by atoms with E-state index in [0.717, 1.165) is 16.9 Å². The Balaban J connectivity index is 1.66. The number of hydrogen-bond acceptors (Lipinski definition) is 3. The van der Waals surface area contributed by atoms with Gasteiger partial charge in [0.1, 0.15) is 5.82 Å². The van der Waals surface area contributed by atoms with Crippen LogP contribution in [0.4, 0.5) is 10.1 Å². The van der Waals surface area contributed by atoms with E-state index in [1.54, 1.807) is 36.2 Å². The highest BCUT2D eigenvalue weighted by Crippen LogP contribution is 2.14. The molecule has 1 heterocycles. The second-order valence-corrected chi connectivity index (χ2v) is 4.80. The van der Waals surface area contributed by atoms with E-state index in [1.807, 2.05) is 30.3 Å². The van der Waals surface area contributed by atoms with Gasteiger partial charge in [0.15, 0.2) is 0 Å². The fourth-order valence-corrected chi connectivity index (χ4v) is 2.01. The van der Waals surface area contributed by atoms with Crippen molar-refractivity contribution in [2.45, 2.75) is 13.5 Å². The third-order valence-electron chi connectivity index (χ3n) is 3.25. The van der Waals surface area contributed by atoms with Gasteiger partial charge in [-0.25, -0.2) is 4.39 Å². The smallest absolute Gasteiger partial charge is 0.126 e. The average Bonchev–Trinajstić information content (AvgIpc) is 3.03. The van der Waals surface area contributed by atoms with E-state index in [4.69, 9.17) is 0 Å². The molecule has 5 heteroatoms. The molecule has 0 spiro atoms. The number of aromatic nitrogens is 3. The lowest BCUT2D eigenvalue weighted by atomic mass is 10.1. The highest BCUT2D eigenvalue weighted by atomic mass is 19.1. The molecule has 0 saturated heterocycles. The number of hydrogen-bond donors (Lipinski definition) is 1. The van der Waals surface area contributed by atoms with Crippen molar-refractivity contribution < 1.29 is 4.39 Å². The Morgan fingerprint density at radius 2 is 1.76 bits per heavy atom. The molecule has 0 radical (unpaired) electrons. The standard InChI is InChI=1S/C16H15FN4/c1-12-2-3-13(10-16(12)17)11-18-14-4-6-15(7-5-14)21-19-8-9-20-21/h2-10,18H,11H2,1H3. The number of nitrogens with one attached hydrogen (secondary N) is 1. The van der Waals surface area contributed by atoms with Crippen LogP contribution in [0.3, 0.4) is 0 Å².